The van der Waals surface area contributed by atoms with Crippen LogP contribution in [0.5, 0.6) is 5.75 Å². The van der Waals surface area contributed by atoms with E-state index in [-0.39, 0.29) is 18.9 Å². The van der Waals surface area contributed by atoms with Crippen molar-refractivity contribution in [3.05, 3.63) is 29.8 Å². The van der Waals surface area contributed by atoms with Gasteiger partial charge in [-0.15, -0.1) is 0 Å². The van der Waals surface area contributed by atoms with Crippen LogP contribution in [0.25, 0.3) is 0 Å². The number of hydrogen-bond donors (Lipinski definition) is 1. The van der Waals surface area contributed by atoms with E-state index in [1.807, 2.05) is 31.2 Å². The van der Waals surface area contributed by atoms with Crippen LogP contribution in [0.2, 0.25) is 0 Å². The first-order valence-corrected chi connectivity index (χ1v) is 7.51. The number of alkyl halides is 3. The van der Waals surface area contributed by atoms with Crippen molar-refractivity contribution >= 4 is 0 Å². The quantitative estimate of drug-likeness (QED) is 0.875. The molecule has 0 unspecified atom stereocenters. The largest absolute Gasteiger partial charge is 0.494 e. The van der Waals surface area contributed by atoms with Gasteiger partial charge in [-0.3, -0.25) is 0 Å². The van der Waals surface area contributed by atoms with Crippen molar-refractivity contribution in [2.45, 2.75) is 51.4 Å². The number of benzene rings is 1. The van der Waals surface area contributed by atoms with Gasteiger partial charge in [0.05, 0.1) is 12.5 Å². The van der Waals surface area contributed by atoms with Gasteiger partial charge in [-0.1, -0.05) is 12.1 Å². The molecule has 1 aliphatic rings. The summed E-state index contributed by atoms with van der Waals surface area (Å²) in [6, 6.07) is 7.98. The molecule has 2 rings (SSSR count). The van der Waals surface area contributed by atoms with Crippen LogP contribution in [0.4, 0.5) is 13.2 Å². The lowest BCUT2D eigenvalue weighted by molar-refractivity contribution is -0.182. The third-order valence-corrected chi connectivity index (χ3v) is 3.99. The van der Waals surface area contributed by atoms with Crippen molar-refractivity contribution in [1.29, 1.82) is 0 Å². The number of rotatable bonds is 5. The molecule has 118 valence electrons. The van der Waals surface area contributed by atoms with Crippen LogP contribution < -0.4 is 10.1 Å². The Kier molecular flexibility index (Phi) is 5.51. The fourth-order valence-electron chi connectivity index (χ4n) is 2.80. The molecule has 0 bridgehead atoms. The molecule has 0 spiro atoms. The fourth-order valence-corrected chi connectivity index (χ4v) is 2.80. The SMILES string of the molecule is CCOc1cccc(CNC2CCC(C(F)(F)F)CC2)c1. The first-order valence-electron chi connectivity index (χ1n) is 7.51. The second kappa shape index (κ2) is 7.16. The molecular formula is C16H22F3NO. The van der Waals surface area contributed by atoms with Crippen LogP contribution in [-0.2, 0) is 6.54 Å². The minimum Gasteiger partial charge on any atom is -0.494 e. The van der Waals surface area contributed by atoms with E-state index >= 15 is 0 Å². The first-order chi connectivity index (χ1) is 9.99. The van der Waals surface area contributed by atoms with Gasteiger partial charge in [0.2, 0.25) is 0 Å². The zero-order valence-corrected chi connectivity index (χ0v) is 12.2. The summed E-state index contributed by atoms with van der Waals surface area (Å²) in [5.74, 6) is -0.283. The number of hydrogen-bond acceptors (Lipinski definition) is 2. The zero-order valence-electron chi connectivity index (χ0n) is 12.2. The topological polar surface area (TPSA) is 21.3 Å². The van der Waals surface area contributed by atoms with Crippen LogP contribution in [0, 0.1) is 5.92 Å². The smallest absolute Gasteiger partial charge is 0.391 e. The van der Waals surface area contributed by atoms with Gasteiger partial charge >= 0.3 is 6.18 Å². The van der Waals surface area contributed by atoms with Gasteiger partial charge in [-0.25, -0.2) is 0 Å². The summed E-state index contributed by atoms with van der Waals surface area (Å²) < 4.78 is 43.2. The van der Waals surface area contributed by atoms with E-state index in [4.69, 9.17) is 4.74 Å². The van der Waals surface area contributed by atoms with Crippen LogP contribution in [0.15, 0.2) is 24.3 Å². The second-order valence-corrected chi connectivity index (χ2v) is 5.55. The highest BCUT2D eigenvalue weighted by molar-refractivity contribution is 5.28. The highest BCUT2D eigenvalue weighted by Gasteiger charge is 2.41. The molecule has 0 heterocycles. The van der Waals surface area contributed by atoms with Crippen LogP contribution in [-0.4, -0.2) is 18.8 Å². The van der Waals surface area contributed by atoms with Crippen molar-refractivity contribution in [2.24, 2.45) is 5.92 Å². The van der Waals surface area contributed by atoms with E-state index in [1.54, 1.807) is 0 Å². The Labute approximate surface area is 123 Å². The monoisotopic (exact) mass is 301 g/mol. The highest BCUT2D eigenvalue weighted by Crippen LogP contribution is 2.37. The lowest BCUT2D eigenvalue weighted by Crippen LogP contribution is -2.36. The van der Waals surface area contributed by atoms with E-state index in [1.165, 1.54) is 0 Å². The maximum Gasteiger partial charge on any atom is 0.391 e. The van der Waals surface area contributed by atoms with Crippen LogP contribution in [0.3, 0.4) is 0 Å². The van der Waals surface area contributed by atoms with E-state index < -0.39 is 12.1 Å². The fraction of sp³-hybridized carbons (Fsp3) is 0.625. The molecule has 0 amide bonds. The summed E-state index contributed by atoms with van der Waals surface area (Å²) in [6.45, 7) is 3.23. The molecule has 1 saturated carbocycles. The molecule has 0 atom stereocenters. The van der Waals surface area contributed by atoms with E-state index in [0.717, 1.165) is 11.3 Å². The molecule has 0 aromatic heterocycles. The molecule has 1 aliphatic carbocycles. The molecule has 2 nitrogen and oxygen atoms in total. The summed E-state index contributed by atoms with van der Waals surface area (Å²) >= 11 is 0. The predicted molar refractivity (Wildman–Crippen MR) is 76.3 cm³/mol. The Balaban J connectivity index is 1.78. The molecule has 0 aliphatic heterocycles. The van der Waals surface area contributed by atoms with E-state index in [0.29, 0.717) is 26.0 Å². The van der Waals surface area contributed by atoms with E-state index in [9.17, 15) is 13.2 Å². The lowest BCUT2D eigenvalue weighted by Gasteiger charge is -2.30. The van der Waals surface area contributed by atoms with Crippen molar-refractivity contribution in [1.82, 2.24) is 5.32 Å². The van der Waals surface area contributed by atoms with Gasteiger partial charge in [0, 0.05) is 12.6 Å². The molecular weight excluding hydrogens is 279 g/mol. The van der Waals surface area contributed by atoms with E-state index in [2.05, 4.69) is 5.32 Å². The van der Waals surface area contributed by atoms with Gasteiger partial charge < -0.3 is 10.1 Å². The average molecular weight is 301 g/mol. The molecule has 1 aromatic rings. The Morgan fingerprint density at radius 1 is 1.19 bits per heavy atom. The zero-order chi connectivity index (χ0) is 15.3. The minimum absolute atomic E-state index is 0.180. The normalized spacial score (nSPS) is 23.0. The van der Waals surface area contributed by atoms with Crippen molar-refractivity contribution in [2.75, 3.05) is 6.61 Å². The molecule has 1 N–H and O–H groups in total. The van der Waals surface area contributed by atoms with Crippen LogP contribution >= 0.6 is 0 Å². The molecule has 21 heavy (non-hydrogen) atoms. The van der Waals surface area contributed by atoms with Gasteiger partial charge in [0.15, 0.2) is 0 Å². The maximum atomic E-state index is 12.6. The summed E-state index contributed by atoms with van der Waals surface area (Å²) in [6.07, 6.45) is -2.37. The number of nitrogens with one attached hydrogen (secondary N) is 1. The van der Waals surface area contributed by atoms with Gasteiger partial charge in [-0.2, -0.15) is 13.2 Å². The second-order valence-electron chi connectivity index (χ2n) is 5.55. The Morgan fingerprint density at radius 3 is 2.52 bits per heavy atom. The minimum atomic E-state index is -4.03. The average Bonchev–Trinajstić information content (AvgIpc) is 2.45. The summed E-state index contributed by atoms with van der Waals surface area (Å²) in [5, 5.41) is 3.36. The standard InChI is InChI=1S/C16H22F3NO/c1-2-21-15-5-3-4-12(10-15)11-20-14-8-6-13(7-9-14)16(17,18)19/h3-5,10,13-14,20H,2,6-9,11H2,1H3. The van der Waals surface area contributed by atoms with Gasteiger partial charge in [-0.05, 0) is 50.3 Å². The molecule has 5 heteroatoms. The molecule has 1 fully saturated rings. The number of ether oxygens (including phenoxy) is 1. The summed E-state index contributed by atoms with van der Waals surface area (Å²) in [5.41, 5.74) is 1.10. The van der Waals surface area contributed by atoms with Crippen molar-refractivity contribution in [3.8, 4) is 5.75 Å². The van der Waals surface area contributed by atoms with Crippen LogP contribution in [0.1, 0.15) is 38.2 Å². The molecule has 0 saturated heterocycles. The highest BCUT2D eigenvalue weighted by atomic mass is 19.4. The van der Waals surface area contributed by atoms with Crippen molar-refractivity contribution < 1.29 is 17.9 Å². The van der Waals surface area contributed by atoms with Gasteiger partial charge in [0.25, 0.3) is 0 Å². The lowest BCUT2D eigenvalue weighted by atomic mass is 9.85. The van der Waals surface area contributed by atoms with Gasteiger partial charge in [0.1, 0.15) is 5.75 Å². The third kappa shape index (κ3) is 4.92. The predicted octanol–water partition coefficient (Wildman–Crippen LogP) is 4.30. The summed E-state index contributed by atoms with van der Waals surface area (Å²) in [4.78, 5) is 0. The molecule has 0 radical (unpaired) electrons. The third-order valence-electron chi connectivity index (χ3n) is 3.99. The number of halogens is 3. The molecule has 1 aromatic carbocycles. The van der Waals surface area contributed by atoms with Crippen molar-refractivity contribution in [3.63, 3.8) is 0 Å². The first kappa shape index (κ1) is 16.1. The maximum absolute atomic E-state index is 12.6. The Bertz CT molecular complexity index is 439. The Hall–Kier alpha value is -1.23. The summed E-state index contributed by atoms with van der Waals surface area (Å²) in [7, 11) is 0. The Morgan fingerprint density at radius 2 is 1.90 bits per heavy atom.